The second kappa shape index (κ2) is 5.76. The molecule has 140 valence electrons. The fourth-order valence-corrected chi connectivity index (χ4v) is 4.48. The van der Waals surface area contributed by atoms with Crippen molar-refractivity contribution in [2.45, 2.75) is 18.5 Å². The second-order valence-corrected chi connectivity index (χ2v) is 7.17. The summed E-state index contributed by atoms with van der Waals surface area (Å²) in [7, 11) is 0. The lowest BCUT2D eigenvalue weighted by Crippen LogP contribution is -2.22. The number of fused-ring (bicyclic) bond motifs is 3. The van der Waals surface area contributed by atoms with Gasteiger partial charge in [0.2, 0.25) is 13.6 Å². The highest BCUT2D eigenvalue weighted by Gasteiger charge is 2.53. The van der Waals surface area contributed by atoms with Crippen LogP contribution in [0.4, 0.5) is 0 Å². The molecule has 0 saturated carbocycles. The van der Waals surface area contributed by atoms with Crippen LogP contribution in [0.2, 0.25) is 0 Å². The first-order chi connectivity index (χ1) is 13.3. The lowest BCUT2D eigenvalue weighted by Gasteiger charge is -2.20. The van der Waals surface area contributed by atoms with Gasteiger partial charge in [-0.15, -0.1) is 0 Å². The molecule has 7 nitrogen and oxygen atoms in total. The predicted octanol–water partition coefficient (Wildman–Crippen LogP) is 2.54. The van der Waals surface area contributed by atoms with Crippen molar-refractivity contribution in [3.63, 3.8) is 0 Å². The van der Waals surface area contributed by atoms with Crippen LogP contribution in [0.3, 0.4) is 0 Å². The molecule has 0 aromatic heterocycles. The highest BCUT2D eigenvalue weighted by Crippen LogP contribution is 2.54. The molecule has 5 atom stereocenters. The van der Waals surface area contributed by atoms with Gasteiger partial charge in [-0.25, -0.2) is 0 Å². The first-order valence-electron chi connectivity index (χ1n) is 9.02. The summed E-state index contributed by atoms with van der Waals surface area (Å²) in [6.07, 6.45) is -1.40. The number of hydrogen-bond acceptors (Lipinski definition) is 7. The van der Waals surface area contributed by atoms with Gasteiger partial charge in [0.15, 0.2) is 29.3 Å². The van der Waals surface area contributed by atoms with E-state index in [0.29, 0.717) is 18.1 Å². The molecule has 2 aromatic rings. The van der Waals surface area contributed by atoms with Crippen LogP contribution in [-0.4, -0.2) is 31.6 Å². The number of aliphatic hydroxyl groups is 1. The molecule has 0 radical (unpaired) electrons. The largest absolute Gasteiger partial charge is 0.454 e. The van der Waals surface area contributed by atoms with Gasteiger partial charge in [-0.2, -0.15) is 0 Å². The molecule has 2 fully saturated rings. The standard InChI is InChI=1S/C20H18O7/c21-20-17-12(18(27-20)10-1-3-13-15(5-10)25-8-23-13)7-22-19(17)11-2-4-14-16(6-11)26-9-24-14/h1-6,12,17-21H,7-9H2/t12-,17+,18-,19+,20+/m1/s1. The third-order valence-electron chi connectivity index (χ3n) is 5.77. The number of rotatable bonds is 2. The average molecular weight is 370 g/mol. The van der Waals surface area contributed by atoms with Gasteiger partial charge in [0.05, 0.1) is 18.8 Å². The van der Waals surface area contributed by atoms with E-state index in [4.69, 9.17) is 28.4 Å². The monoisotopic (exact) mass is 370 g/mol. The summed E-state index contributed by atoms with van der Waals surface area (Å²) in [5.74, 6) is 2.78. The van der Waals surface area contributed by atoms with E-state index in [9.17, 15) is 5.11 Å². The zero-order chi connectivity index (χ0) is 18.0. The summed E-state index contributed by atoms with van der Waals surface area (Å²) in [5, 5.41) is 10.6. The zero-order valence-corrected chi connectivity index (χ0v) is 14.4. The van der Waals surface area contributed by atoms with Gasteiger partial charge in [0, 0.05) is 11.8 Å². The Hall–Kier alpha value is -2.48. The fourth-order valence-electron chi connectivity index (χ4n) is 4.48. The minimum absolute atomic E-state index is 0.0517. The van der Waals surface area contributed by atoms with E-state index >= 15 is 0 Å². The molecular formula is C20H18O7. The highest BCUT2D eigenvalue weighted by atomic mass is 16.7. The highest BCUT2D eigenvalue weighted by molar-refractivity contribution is 5.47. The van der Waals surface area contributed by atoms with Gasteiger partial charge in [-0.3, -0.25) is 0 Å². The van der Waals surface area contributed by atoms with Crippen LogP contribution in [0.5, 0.6) is 23.0 Å². The minimum Gasteiger partial charge on any atom is -0.454 e. The molecular weight excluding hydrogens is 352 g/mol. The van der Waals surface area contributed by atoms with Crippen LogP contribution in [0.25, 0.3) is 0 Å². The third kappa shape index (κ3) is 2.32. The van der Waals surface area contributed by atoms with Crippen molar-refractivity contribution >= 4 is 0 Å². The Kier molecular flexibility index (Phi) is 3.32. The molecule has 0 aliphatic carbocycles. The molecule has 1 N–H and O–H groups in total. The maximum atomic E-state index is 10.6. The number of hydrogen-bond donors (Lipinski definition) is 1. The summed E-state index contributed by atoms with van der Waals surface area (Å²) < 4.78 is 33.7. The molecule has 4 aliphatic rings. The number of benzene rings is 2. The van der Waals surface area contributed by atoms with Crippen molar-refractivity contribution in [2.75, 3.05) is 20.2 Å². The van der Waals surface area contributed by atoms with E-state index in [0.717, 1.165) is 22.6 Å². The Morgan fingerprint density at radius 3 is 2.00 bits per heavy atom. The maximum Gasteiger partial charge on any atom is 0.231 e. The molecule has 7 heteroatoms. The second-order valence-electron chi connectivity index (χ2n) is 7.17. The SMILES string of the molecule is O[C@H]1O[C@H](c2ccc3c(c2)OCO3)[C@@H]2CO[C@@H](c3ccc4c(c3)OCO4)[C@H]21. The van der Waals surface area contributed by atoms with Gasteiger partial charge < -0.3 is 33.5 Å². The molecule has 2 aromatic carbocycles. The molecule has 0 bridgehead atoms. The van der Waals surface area contributed by atoms with E-state index < -0.39 is 6.29 Å². The van der Waals surface area contributed by atoms with Gasteiger partial charge in [0.1, 0.15) is 0 Å². The summed E-state index contributed by atoms with van der Waals surface area (Å²) >= 11 is 0. The number of ether oxygens (including phenoxy) is 6. The Bertz CT molecular complexity index is 842. The lowest BCUT2D eigenvalue weighted by molar-refractivity contribution is -0.134. The van der Waals surface area contributed by atoms with Crippen LogP contribution < -0.4 is 18.9 Å². The van der Waals surface area contributed by atoms with Crippen LogP contribution in [0, 0.1) is 11.8 Å². The lowest BCUT2D eigenvalue weighted by atomic mass is 9.84. The minimum atomic E-state index is -0.900. The normalized spacial score (nSPS) is 32.7. The van der Waals surface area contributed by atoms with Crippen LogP contribution in [0.1, 0.15) is 23.3 Å². The third-order valence-corrected chi connectivity index (χ3v) is 5.77. The van der Waals surface area contributed by atoms with Gasteiger partial charge in [0.25, 0.3) is 0 Å². The van der Waals surface area contributed by atoms with E-state index in [1.807, 2.05) is 36.4 Å². The molecule has 4 heterocycles. The molecule has 6 rings (SSSR count). The Morgan fingerprint density at radius 1 is 0.741 bits per heavy atom. The van der Waals surface area contributed by atoms with Crippen molar-refractivity contribution in [3.05, 3.63) is 47.5 Å². The molecule has 2 saturated heterocycles. The maximum absolute atomic E-state index is 10.6. The summed E-state index contributed by atoms with van der Waals surface area (Å²) in [4.78, 5) is 0. The molecule has 4 aliphatic heterocycles. The fraction of sp³-hybridized carbons (Fsp3) is 0.400. The predicted molar refractivity (Wildman–Crippen MR) is 90.6 cm³/mol. The van der Waals surface area contributed by atoms with E-state index in [2.05, 4.69) is 0 Å². The molecule has 0 spiro atoms. The van der Waals surface area contributed by atoms with Crippen LogP contribution in [0.15, 0.2) is 36.4 Å². The smallest absolute Gasteiger partial charge is 0.231 e. The van der Waals surface area contributed by atoms with Crippen molar-refractivity contribution in [1.29, 1.82) is 0 Å². The van der Waals surface area contributed by atoms with Crippen molar-refractivity contribution in [3.8, 4) is 23.0 Å². The average Bonchev–Trinajstić information content (AvgIpc) is 3.45. The van der Waals surface area contributed by atoms with Gasteiger partial charge in [-0.05, 0) is 35.4 Å². The topological polar surface area (TPSA) is 75.6 Å². The molecule has 0 unspecified atom stereocenters. The van der Waals surface area contributed by atoms with Gasteiger partial charge in [-0.1, -0.05) is 12.1 Å². The van der Waals surface area contributed by atoms with E-state index in [1.54, 1.807) is 0 Å². The first-order valence-corrected chi connectivity index (χ1v) is 9.02. The van der Waals surface area contributed by atoms with Crippen LogP contribution >= 0.6 is 0 Å². The summed E-state index contributed by atoms with van der Waals surface area (Å²) in [6.45, 7) is 0.975. The quantitative estimate of drug-likeness (QED) is 0.871. The Labute approximate surface area is 155 Å². The molecule has 0 amide bonds. The summed E-state index contributed by atoms with van der Waals surface area (Å²) in [5.41, 5.74) is 1.92. The Morgan fingerprint density at radius 2 is 1.33 bits per heavy atom. The van der Waals surface area contributed by atoms with Gasteiger partial charge >= 0.3 is 0 Å². The summed E-state index contributed by atoms with van der Waals surface area (Å²) in [6, 6.07) is 11.5. The van der Waals surface area contributed by atoms with Crippen molar-refractivity contribution in [2.24, 2.45) is 11.8 Å². The Balaban J connectivity index is 1.30. The van der Waals surface area contributed by atoms with E-state index in [1.165, 1.54) is 0 Å². The van der Waals surface area contributed by atoms with E-state index in [-0.39, 0.29) is 37.6 Å². The van der Waals surface area contributed by atoms with Crippen molar-refractivity contribution < 1.29 is 33.5 Å². The van der Waals surface area contributed by atoms with Crippen LogP contribution in [-0.2, 0) is 9.47 Å². The zero-order valence-electron chi connectivity index (χ0n) is 14.4. The first kappa shape index (κ1) is 15.6. The number of aliphatic hydroxyl groups excluding tert-OH is 1. The molecule has 27 heavy (non-hydrogen) atoms. The van der Waals surface area contributed by atoms with Crippen molar-refractivity contribution in [1.82, 2.24) is 0 Å².